The summed E-state index contributed by atoms with van der Waals surface area (Å²) in [4.78, 5) is 33.2. The number of hydrogen-bond acceptors (Lipinski definition) is 6. The molecule has 154 valence electrons. The van der Waals surface area contributed by atoms with Gasteiger partial charge in [0.2, 0.25) is 6.41 Å². The Bertz CT molecular complexity index is 984. The van der Waals surface area contributed by atoms with Gasteiger partial charge in [0, 0.05) is 17.7 Å². The summed E-state index contributed by atoms with van der Waals surface area (Å²) < 4.78 is 1.71. The fourth-order valence-electron chi connectivity index (χ4n) is 4.16. The molecule has 4 N–H and O–H groups in total. The van der Waals surface area contributed by atoms with E-state index in [0.29, 0.717) is 23.7 Å². The number of carbonyl (C=O) groups is 1. The van der Waals surface area contributed by atoms with E-state index in [4.69, 9.17) is 5.73 Å². The van der Waals surface area contributed by atoms with E-state index in [2.05, 4.69) is 27.5 Å². The largest absolute Gasteiger partial charge is 0.384 e. The average Bonchev–Trinajstić information content (AvgIpc) is 2.68. The third-order valence-electron chi connectivity index (χ3n) is 5.62. The van der Waals surface area contributed by atoms with Gasteiger partial charge in [-0.1, -0.05) is 19.4 Å². The molecule has 2 heterocycles. The maximum atomic E-state index is 13.6. The van der Waals surface area contributed by atoms with Crippen LogP contribution in [0, 0.1) is 19.8 Å². The van der Waals surface area contributed by atoms with Crippen LogP contribution in [0.5, 0.6) is 0 Å². The van der Waals surface area contributed by atoms with Crippen LogP contribution in [-0.4, -0.2) is 20.9 Å². The molecule has 1 aliphatic carbocycles. The average molecular weight is 396 g/mol. The molecule has 2 aromatic heterocycles. The molecule has 2 unspecified atom stereocenters. The lowest BCUT2D eigenvalue weighted by Gasteiger charge is -2.43. The second kappa shape index (κ2) is 8.46. The Balaban J connectivity index is 2.20. The van der Waals surface area contributed by atoms with Gasteiger partial charge in [-0.05, 0) is 50.8 Å². The first-order valence-electron chi connectivity index (χ1n) is 9.90. The van der Waals surface area contributed by atoms with Gasteiger partial charge in [-0.25, -0.2) is 9.97 Å². The molecule has 8 nitrogen and oxygen atoms in total. The van der Waals surface area contributed by atoms with Gasteiger partial charge >= 0.3 is 0 Å². The van der Waals surface area contributed by atoms with Crippen LogP contribution in [0.25, 0.3) is 0 Å². The number of nitrogen functional groups attached to an aromatic ring is 1. The molecule has 3 rings (SSSR count). The summed E-state index contributed by atoms with van der Waals surface area (Å²) >= 11 is 0. The van der Waals surface area contributed by atoms with E-state index in [1.807, 2.05) is 26.0 Å². The van der Waals surface area contributed by atoms with Gasteiger partial charge in [-0.3, -0.25) is 14.2 Å². The number of carbonyl (C=O) groups excluding carboxylic acids is 1. The highest BCUT2D eigenvalue weighted by Gasteiger charge is 2.41. The highest BCUT2D eigenvalue weighted by Crippen LogP contribution is 2.37. The van der Waals surface area contributed by atoms with Gasteiger partial charge in [0.05, 0.1) is 0 Å². The van der Waals surface area contributed by atoms with Gasteiger partial charge in [0.1, 0.15) is 29.3 Å². The molecule has 2 atom stereocenters. The fraction of sp³-hybridized carbons (Fsp3) is 0.429. The molecule has 1 amide bonds. The van der Waals surface area contributed by atoms with Crippen molar-refractivity contribution in [1.82, 2.24) is 19.9 Å². The van der Waals surface area contributed by atoms with E-state index in [0.717, 1.165) is 36.9 Å². The minimum atomic E-state index is -0.898. The number of hydrogen-bond donors (Lipinski definition) is 3. The first-order chi connectivity index (χ1) is 13.9. The van der Waals surface area contributed by atoms with Crippen molar-refractivity contribution in [2.45, 2.75) is 52.1 Å². The Kier molecular flexibility index (Phi) is 6.00. The van der Waals surface area contributed by atoms with Gasteiger partial charge in [-0.15, -0.1) is 0 Å². The minimum absolute atomic E-state index is 0.114. The van der Waals surface area contributed by atoms with E-state index >= 15 is 0 Å². The molecule has 0 saturated heterocycles. The van der Waals surface area contributed by atoms with Crippen LogP contribution in [0.2, 0.25) is 0 Å². The summed E-state index contributed by atoms with van der Waals surface area (Å²) in [6, 6.07) is 3.36. The number of aryl methyl sites for hydroxylation is 1. The zero-order valence-corrected chi connectivity index (χ0v) is 17.1. The van der Waals surface area contributed by atoms with Crippen LogP contribution in [0.1, 0.15) is 43.9 Å². The van der Waals surface area contributed by atoms with E-state index in [1.165, 1.54) is 6.33 Å². The number of rotatable bonds is 7. The normalized spacial score (nSPS) is 21.0. The van der Waals surface area contributed by atoms with E-state index in [1.54, 1.807) is 16.7 Å². The monoisotopic (exact) mass is 396 g/mol. The SMILES string of the molecule is CCCC1CCC=CC1(NC=O)n1c(C)c(C)cc(Nc2cc(N)ncn2)c1=O. The quantitative estimate of drug-likeness (QED) is 0.490. The number of nitrogens with zero attached hydrogens (tertiary/aromatic N) is 3. The Morgan fingerprint density at radius 3 is 2.83 bits per heavy atom. The van der Waals surface area contributed by atoms with E-state index in [9.17, 15) is 9.59 Å². The van der Waals surface area contributed by atoms with Crippen molar-refractivity contribution < 1.29 is 4.79 Å². The van der Waals surface area contributed by atoms with Crippen LogP contribution in [0.3, 0.4) is 0 Å². The van der Waals surface area contributed by atoms with Gasteiger partial charge < -0.3 is 16.4 Å². The predicted molar refractivity (Wildman–Crippen MR) is 114 cm³/mol. The highest BCUT2D eigenvalue weighted by molar-refractivity contribution is 5.59. The minimum Gasteiger partial charge on any atom is -0.384 e. The van der Waals surface area contributed by atoms with Gasteiger partial charge in [0.25, 0.3) is 5.56 Å². The number of anilines is 3. The lowest BCUT2D eigenvalue weighted by molar-refractivity contribution is -0.112. The van der Waals surface area contributed by atoms with Crippen LogP contribution in [0.4, 0.5) is 17.3 Å². The number of nitrogens with one attached hydrogen (secondary N) is 2. The Labute approximate surface area is 170 Å². The zero-order valence-electron chi connectivity index (χ0n) is 17.1. The molecular formula is C21H28N6O2. The molecular weight excluding hydrogens is 368 g/mol. The van der Waals surface area contributed by atoms with Crippen LogP contribution < -0.4 is 21.9 Å². The molecule has 1 aliphatic rings. The first kappa shape index (κ1) is 20.6. The Morgan fingerprint density at radius 2 is 2.14 bits per heavy atom. The lowest BCUT2D eigenvalue weighted by atomic mass is 9.80. The maximum Gasteiger partial charge on any atom is 0.276 e. The summed E-state index contributed by atoms with van der Waals surface area (Å²) in [6.07, 6.45) is 9.72. The van der Waals surface area contributed by atoms with Crippen LogP contribution in [-0.2, 0) is 10.5 Å². The van der Waals surface area contributed by atoms with Gasteiger partial charge in [0.15, 0.2) is 0 Å². The maximum absolute atomic E-state index is 13.6. The Hall–Kier alpha value is -3.16. The molecule has 0 aromatic carbocycles. The number of pyridine rings is 1. The summed E-state index contributed by atoms with van der Waals surface area (Å²) in [6.45, 7) is 5.96. The van der Waals surface area contributed by atoms with E-state index in [-0.39, 0.29) is 11.5 Å². The summed E-state index contributed by atoms with van der Waals surface area (Å²) in [5, 5.41) is 6.04. The Morgan fingerprint density at radius 1 is 1.34 bits per heavy atom. The molecule has 2 aromatic rings. The number of amides is 1. The van der Waals surface area contributed by atoms with Crippen LogP contribution >= 0.6 is 0 Å². The van der Waals surface area contributed by atoms with Crippen molar-refractivity contribution in [1.29, 1.82) is 0 Å². The number of allylic oxidation sites excluding steroid dienone is 1. The predicted octanol–water partition coefficient (Wildman–Crippen LogP) is 2.75. The van der Waals surface area contributed by atoms with Crippen molar-refractivity contribution in [3.8, 4) is 0 Å². The van der Waals surface area contributed by atoms with Crippen molar-refractivity contribution >= 4 is 23.7 Å². The molecule has 0 fully saturated rings. The summed E-state index contributed by atoms with van der Waals surface area (Å²) in [5.41, 5.74) is 6.71. The highest BCUT2D eigenvalue weighted by atomic mass is 16.1. The van der Waals surface area contributed by atoms with Crippen molar-refractivity contribution in [2.75, 3.05) is 11.1 Å². The van der Waals surface area contributed by atoms with Crippen molar-refractivity contribution in [3.63, 3.8) is 0 Å². The third kappa shape index (κ3) is 3.87. The molecule has 8 heteroatoms. The first-order valence-corrected chi connectivity index (χ1v) is 9.90. The van der Waals surface area contributed by atoms with Gasteiger partial charge in [-0.2, -0.15) is 0 Å². The summed E-state index contributed by atoms with van der Waals surface area (Å²) in [5.74, 6) is 0.860. The van der Waals surface area contributed by atoms with Crippen molar-refractivity contribution in [3.05, 3.63) is 52.2 Å². The second-order valence-corrected chi connectivity index (χ2v) is 7.47. The zero-order chi connectivity index (χ0) is 21.0. The number of aromatic nitrogens is 3. The molecule has 0 radical (unpaired) electrons. The molecule has 29 heavy (non-hydrogen) atoms. The van der Waals surface area contributed by atoms with Crippen molar-refractivity contribution in [2.24, 2.45) is 5.92 Å². The molecule has 0 spiro atoms. The number of nitrogens with two attached hydrogens (primary N) is 1. The summed E-state index contributed by atoms with van der Waals surface area (Å²) in [7, 11) is 0. The van der Waals surface area contributed by atoms with E-state index < -0.39 is 5.66 Å². The molecule has 0 aliphatic heterocycles. The molecule has 0 bridgehead atoms. The topological polar surface area (TPSA) is 115 Å². The smallest absolute Gasteiger partial charge is 0.276 e. The molecule has 0 saturated carbocycles. The fourth-order valence-corrected chi connectivity index (χ4v) is 4.16. The standard InChI is InChI=1S/C21H28N6O2/c1-4-7-16-8-5-6-9-21(16,25-13-28)27-15(3)14(2)10-17(20(27)29)26-19-11-18(22)23-12-24-19/h6,9-13,16H,4-5,7-8H2,1-3H3,(H,25,28)(H3,22,23,24,26). The lowest BCUT2D eigenvalue weighted by Crippen LogP contribution is -2.57. The second-order valence-electron chi connectivity index (χ2n) is 7.47. The third-order valence-corrected chi connectivity index (χ3v) is 5.62. The van der Waals surface area contributed by atoms with Crippen LogP contribution in [0.15, 0.2) is 35.4 Å².